The molecule has 18 heavy (non-hydrogen) atoms. The molecule has 4 heteroatoms. The number of nitrogens with one attached hydrogen (secondary N) is 1. The first kappa shape index (κ1) is 13.8. The molecule has 2 rings (SSSR count). The molecule has 1 atom stereocenters. The van der Waals surface area contributed by atoms with Gasteiger partial charge >= 0.3 is 0 Å². The van der Waals surface area contributed by atoms with Gasteiger partial charge in [0.1, 0.15) is 0 Å². The van der Waals surface area contributed by atoms with Crippen molar-refractivity contribution in [2.24, 2.45) is 5.92 Å². The first-order valence-corrected chi connectivity index (χ1v) is 7.33. The van der Waals surface area contributed by atoms with Crippen LogP contribution in [0.2, 0.25) is 0 Å². The highest BCUT2D eigenvalue weighted by molar-refractivity contribution is 5.76. The number of carbonyl (C=O) groups is 1. The molecule has 0 aromatic rings. The molecular weight excluding hydrogens is 228 g/mol. The molecule has 2 heterocycles. The van der Waals surface area contributed by atoms with Crippen molar-refractivity contribution >= 4 is 5.91 Å². The topological polar surface area (TPSA) is 41.6 Å². The normalized spacial score (nSPS) is 26.3. The van der Waals surface area contributed by atoms with Crippen LogP contribution in [-0.4, -0.2) is 50.2 Å². The largest absolute Gasteiger partial charge is 0.378 e. The Kier molecular flexibility index (Phi) is 5.45. The van der Waals surface area contributed by atoms with Crippen molar-refractivity contribution in [3.8, 4) is 0 Å². The molecule has 1 N–H and O–H groups in total. The molecule has 0 radical (unpaired) electrons. The summed E-state index contributed by atoms with van der Waals surface area (Å²) in [6, 6.07) is 0. The molecule has 0 aromatic carbocycles. The lowest BCUT2D eigenvalue weighted by atomic mass is 9.96. The Bertz CT molecular complexity index is 257. The summed E-state index contributed by atoms with van der Waals surface area (Å²) >= 11 is 0. The lowest BCUT2D eigenvalue weighted by Crippen LogP contribution is -2.42. The van der Waals surface area contributed by atoms with Crippen molar-refractivity contribution in [3.05, 3.63) is 0 Å². The first-order valence-electron chi connectivity index (χ1n) is 7.33. The molecule has 2 fully saturated rings. The fourth-order valence-electron chi connectivity index (χ4n) is 2.97. The number of amides is 1. The Morgan fingerprint density at radius 3 is 2.67 bits per heavy atom. The predicted octanol–water partition coefficient (Wildman–Crippen LogP) is 1.40. The van der Waals surface area contributed by atoms with Crippen molar-refractivity contribution in [1.82, 2.24) is 10.2 Å². The maximum Gasteiger partial charge on any atom is 0.225 e. The summed E-state index contributed by atoms with van der Waals surface area (Å²) in [5, 5.41) is 3.22. The molecule has 0 aromatic heterocycles. The van der Waals surface area contributed by atoms with Gasteiger partial charge in [-0.2, -0.15) is 0 Å². The molecule has 0 spiro atoms. The second-order valence-corrected chi connectivity index (χ2v) is 5.57. The Labute approximate surface area is 110 Å². The first-order chi connectivity index (χ1) is 8.79. The van der Waals surface area contributed by atoms with E-state index in [2.05, 4.69) is 5.32 Å². The number of ether oxygens (including phenoxy) is 1. The Hall–Kier alpha value is -0.610. The molecule has 2 aliphatic heterocycles. The van der Waals surface area contributed by atoms with E-state index in [9.17, 15) is 4.79 Å². The van der Waals surface area contributed by atoms with Gasteiger partial charge in [0.2, 0.25) is 5.91 Å². The second-order valence-electron chi connectivity index (χ2n) is 5.57. The zero-order valence-electron chi connectivity index (χ0n) is 11.5. The summed E-state index contributed by atoms with van der Waals surface area (Å²) in [7, 11) is 2.00. The third kappa shape index (κ3) is 3.95. The van der Waals surface area contributed by atoms with Gasteiger partial charge in [0.15, 0.2) is 0 Å². The zero-order valence-corrected chi connectivity index (χ0v) is 11.5. The Morgan fingerprint density at radius 2 is 2.06 bits per heavy atom. The van der Waals surface area contributed by atoms with E-state index in [0.29, 0.717) is 12.3 Å². The minimum absolute atomic E-state index is 0.182. The van der Waals surface area contributed by atoms with E-state index in [1.54, 1.807) is 0 Å². The van der Waals surface area contributed by atoms with E-state index in [1.165, 1.54) is 6.42 Å². The monoisotopic (exact) mass is 254 g/mol. The number of rotatable bonds is 4. The SMILES string of the molecule is CNCC1CCN(C(=O)CC2CCCCO2)CC1. The zero-order chi connectivity index (χ0) is 12.8. The number of carbonyl (C=O) groups excluding carboxylic acids is 1. The summed E-state index contributed by atoms with van der Waals surface area (Å²) in [6.45, 7) is 3.77. The molecule has 0 aliphatic carbocycles. The van der Waals surface area contributed by atoms with Crippen LogP contribution in [0.5, 0.6) is 0 Å². The van der Waals surface area contributed by atoms with E-state index >= 15 is 0 Å². The van der Waals surface area contributed by atoms with Gasteiger partial charge in [-0.3, -0.25) is 4.79 Å². The van der Waals surface area contributed by atoms with E-state index < -0.39 is 0 Å². The highest BCUT2D eigenvalue weighted by atomic mass is 16.5. The molecule has 0 bridgehead atoms. The molecular formula is C14H26N2O2. The lowest BCUT2D eigenvalue weighted by molar-refractivity contribution is -0.136. The van der Waals surface area contributed by atoms with Gasteiger partial charge in [-0.1, -0.05) is 0 Å². The van der Waals surface area contributed by atoms with Crippen LogP contribution in [0.15, 0.2) is 0 Å². The van der Waals surface area contributed by atoms with Crippen LogP contribution in [0, 0.1) is 5.92 Å². The van der Waals surface area contributed by atoms with Crippen molar-refractivity contribution in [1.29, 1.82) is 0 Å². The van der Waals surface area contributed by atoms with Gasteiger partial charge in [0.25, 0.3) is 0 Å². The average molecular weight is 254 g/mol. The second kappa shape index (κ2) is 7.10. The molecule has 104 valence electrons. The number of hydrogen-bond donors (Lipinski definition) is 1. The third-order valence-corrected chi connectivity index (χ3v) is 4.14. The van der Waals surface area contributed by atoms with Gasteiger partial charge < -0.3 is 15.0 Å². The number of likely N-dealkylation sites (tertiary alicyclic amines) is 1. The quantitative estimate of drug-likeness (QED) is 0.824. The van der Waals surface area contributed by atoms with Crippen molar-refractivity contribution in [3.63, 3.8) is 0 Å². The van der Waals surface area contributed by atoms with Gasteiger partial charge in [-0.05, 0) is 51.6 Å². The van der Waals surface area contributed by atoms with E-state index in [4.69, 9.17) is 4.74 Å². The molecule has 4 nitrogen and oxygen atoms in total. The average Bonchev–Trinajstić information content (AvgIpc) is 2.41. The fourth-order valence-corrected chi connectivity index (χ4v) is 2.97. The molecule has 0 saturated carbocycles. The smallest absolute Gasteiger partial charge is 0.225 e. The van der Waals surface area contributed by atoms with Gasteiger partial charge in [-0.25, -0.2) is 0 Å². The van der Waals surface area contributed by atoms with Crippen molar-refractivity contribution in [2.45, 2.75) is 44.6 Å². The van der Waals surface area contributed by atoms with Crippen molar-refractivity contribution < 1.29 is 9.53 Å². The van der Waals surface area contributed by atoms with Crippen LogP contribution in [-0.2, 0) is 9.53 Å². The summed E-state index contributed by atoms with van der Waals surface area (Å²) in [6.07, 6.45) is 6.47. The molecule has 2 aliphatic rings. The van der Waals surface area contributed by atoms with Crippen LogP contribution in [0.4, 0.5) is 0 Å². The van der Waals surface area contributed by atoms with Gasteiger partial charge in [0.05, 0.1) is 12.5 Å². The summed E-state index contributed by atoms with van der Waals surface area (Å²) in [5.41, 5.74) is 0. The van der Waals surface area contributed by atoms with Crippen LogP contribution in [0.3, 0.4) is 0 Å². The van der Waals surface area contributed by atoms with E-state index in [0.717, 1.165) is 57.8 Å². The van der Waals surface area contributed by atoms with E-state index in [-0.39, 0.29) is 6.10 Å². The van der Waals surface area contributed by atoms with Crippen LogP contribution >= 0.6 is 0 Å². The minimum Gasteiger partial charge on any atom is -0.378 e. The highest BCUT2D eigenvalue weighted by Crippen LogP contribution is 2.20. The third-order valence-electron chi connectivity index (χ3n) is 4.14. The molecule has 1 amide bonds. The maximum atomic E-state index is 12.2. The highest BCUT2D eigenvalue weighted by Gasteiger charge is 2.25. The standard InChI is InChI=1S/C14H26N2O2/c1-15-11-12-5-7-16(8-6-12)14(17)10-13-4-2-3-9-18-13/h12-13,15H,2-11H2,1H3. The number of hydrogen-bond acceptors (Lipinski definition) is 3. The maximum absolute atomic E-state index is 12.2. The van der Waals surface area contributed by atoms with Gasteiger partial charge in [-0.15, -0.1) is 0 Å². The molecule has 2 saturated heterocycles. The van der Waals surface area contributed by atoms with E-state index in [1.807, 2.05) is 11.9 Å². The van der Waals surface area contributed by atoms with Gasteiger partial charge in [0, 0.05) is 19.7 Å². The van der Waals surface area contributed by atoms with Crippen LogP contribution < -0.4 is 5.32 Å². The predicted molar refractivity (Wildman–Crippen MR) is 71.4 cm³/mol. The van der Waals surface area contributed by atoms with Crippen molar-refractivity contribution in [2.75, 3.05) is 33.3 Å². The number of nitrogens with zero attached hydrogens (tertiary/aromatic N) is 1. The minimum atomic E-state index is 0.182. The summed E-state index contributed by atoms with van der Waals surface area (Å²) < 4.78 is 5.64. The Morgan fingerprint density at radius 1 is 1.28 bits per heavy atom. The van der Waals surface area contributed by atoms with Crippen LogP contribution in [0.1, 0.15) is 38.5 Å². The van der Waals surface area contributed by atoms with Crippen LogP contribution in [0.25, 0.3) is 0 Å². The molecule has 1 unspecified atom stereocenters. The lowest BCUT2D eigenvalue weighted by Gasteiger charge is -2.33. The summed E-state index contributed by atoms with van der Waals surface area (Å²) in [5.74, 6) is 1.04. The fraction of sp³-hybridized carbons (Fsp3) is 0.929. The number of piperidine rings is 1. The summed E-state index contributed by atoms with van der Waals surface area (Å²) in [4.78, 5) is 14.2. The Balaban J connectivity index is 1.70.